The predicted molar refractivity (Wildman–Crippen MR) is 68.8 cm³/mol. The van der Waals surface area contributed by atoms with Crippen molar-refractivity contribution in [2.75, 3.05) is 19.6 Å². The second-order valence-corrected chi connectivity index (χ2v) is 4.75. The molecule has 1 amide bonds. The highest BCUT2D eigenvalue weighted by molar-refractivity contribution is 5.79. The molecular weight excluding hydrogens is 212 g/mol. The zero-order valence-electron chi connectivity index (χ0n) is 10.3. The van der Waals surface area contributed by atoms with Gasteiger partial charge in [0.2, 0.25) is 5.91 Å². The van der Waals surface area contributed by atoms with Gasteiger partial charge in [0.05, 0.1) is 5.92 Å². The molecule has 92 valence electrons. The van der Waals surface area contributed by atoms with Gasteiger partial charge in [-0.1, -0.05) is 37.3 Å². The van der Waals surface area contributed by atoms with Crippen molar-refractivity contribution in [2.24, 2.45) is 5.92 Å². The minimum atomic E-state index is 0.196. The third-order valence-corrected chi connectivity index (χ3v) is 3.40. The van der Waals surface area contributed by atoms with Crippen molar-refractivity contribution in [2.45, 2.75) is 19.3 Å². The number of amides is 1. The van der Waals surface area contributed by atoms with Crippen LogP contribution in [-0.2, 0) is 4.79 Å². The fraction of sp³-hybridized carbons (Fsp3) is 0.500. The van der Waals surface area contributed by atoms with Crippen molar-refractivity contribution in [1.29, 1.82) is 0 Å². The quantitative estimate of drug-likeness (QED) is 0.808. The highest BCUT2D eigenvalue weighted by atomic mass is 16.2. The zero-order valence-corrected chi connectivity index (χ0v) is 10.3. The van der Waals surface area contributed by atoms with Gasteiger partial charge in [-0.15, -0.1) is 0 Å². The Morgan fingerprint density at radius 3 is 2.71 bits per heavy atom. The standard InChI is InChI=1S/C14H20N2O/c1-11(12-5-3-2-4-6-12)7-8-16-14(17)13-9-15-10-13/h2-6,11,13,15H,7-10H2,1H3,(H,16,17). The van der Waals surface area contributed by atoms with Crippen LogP contribution in [0.3, 0.4) is 0 Å². The van der Waals surface area contributed by atoms with Crippen molar-refractivity contribution in [1.82, 2.24) is 10.6 Å². The number of carbonyl (C=O) groups is 1. The monoisotopic (exact) mass is 232 g/mol. The van der Waals surface area contributed by atoms with Crippen LogP contribution in [0.4, 0.5) is 0 Å². The Hall–Kier alpha value is -1.35. The molecule has 2 rings (SSSR count). The Kier molecular flexibility index (Phi) is 4.15. The first-order valence-corrected chi connectivity index (χ1v) is 6.30. The molecule has 0 aromatic heterocycles. The maximum atomic E-state index is 11.6. The topological polar surface area (TPSA) is 41.1 Å². The van der Waals surface area contributed by atoms with E-state index in [1.165, 1.54) is 5.56 Å². The van der Waals surface area contributed by atoms with Crippen molar-refractivity contribution >= 4 is 5.91 Å². The largest absolute Gasteiger partial charge is 0.356 e. The lowest BCUT2D eigenvalue weighted by Gasteiger charge is -2.26. The van der Waals surface area contributed by atoms with Gasteiger partial charge in [-0.2, -0.15) is 0 Å². The Morgan fingerprint density at radius 2 is 2.12 bits per heavy atom. The van der Waals surface area contributed by atoms with Gasteiger partial charge < -0.3 is 10.6 Å². The van der Waals surface area contributed by atoms with Crippen LogP contribution in [0, 0.1) is 5.92 Å². The van der Waals surface area contributed by atoms with Gasteiger partial charge in [-0.25, -0.2) is 0 Å². The van der Waals surface area contributed by atoms with Crippen LogP contribution in [0.15, 0.2) is 30.3 Å². The second-order valence-electron chi connectivity index (χ2n) is 4.75. The molecule has 17 heavy (non-hydrogen) atoms. The van der Waals surface area contributed by atoms with Gasteiger partial charge in [-0.05, 0) is 17.9 Å². The summed E-state index contributed by atoms with van der Waals surface area (Å²) in [6, 6.07) is 10.4. The van der Waals surface area contributed by atoms with Crippen LogP contribution < -0.4 is 10.6 Å². The molecule has 2 N–H and O–H groups in total. The molecular formula is C14H20N2O. The van der Waals surface area contributed by atoms with E-state index in [0.29, 0.717) is 5.92 Å². The minimum Gasteiger partial charge on any atom is -0.356 e. The summed E-state index contributed by atoms with van der Waals surface area (Å²) >= 11 is 0. The molecule has 1 heterocycles. The Morgan fingerprint density at radius 1 is 1.41 bits per heavy atom. The summed E-state index contributed by atoms with van der Waals surface area (Å²) < 4.78 is 0. The summed E-state index contributed by atoms with van der Waals surface area (Å²) in [5.41, 5.74) is 1.34. The number of rotatable bonds is 5. The number of hydrogen-bond acceptors (Lipinski definition) is 2. The van der Waals surface area contributed by atoms with E-state index < -0.39 is 0 Å². The zero-order chi connectivity index (χ0) is 12.1. The summed E-state index contributed by atoms with van der Waals surface area (Å²) in [5, 5.41) is 6.11. The van der Waals surface area contributed by atoms with E-state index in [1.54, 1.807) is 0 Å². The smallest absolute Gasteiger partial charge is 0.225 e. The highest BCUT2D eigenvalue weighted by Gasteiger charge is 2.24. The van der Waals surface area contributed by atoms with E-state index in [9.17, 15) is 4.79 Å². The van der Waals surface area contributed by atoms with Gasteiger partial charge in [0, 0.05) is 19.6 Å². The normalized spacial score (nSPS) is 17.2. The second kappa shape index (κ2) is 5.82. The Bertz CT molecular complexity index is 360. The number of hydrogen-bond donors (Lipinski definition) is 2. The van der Waals surface area contributed by atoms with Crippen LogP contribution >= 0.6 is 0 Å². The maximum Gasteiger partial charge on any atom is 0.225 e. The Labute approximate surface area is 103 Å². The number of nitrogens with one attached hydrogen (secondary N) is 2. The molecule has 0 radical (unpaired) electrons. The summed E-state index contributed by atoms with van der Waals surface area (Å²) in [5.74, 6) is 0.891. The van der Waals surface area contributed by atoms with Crippen LogP contribution in [0.25, 0.3) is 0 Å². The molecule has 3 nitrogen and oxygen atoms in total. The van der Waals surface area contributed by atoms with Crippen LogP contribution in [0.2, 0.25) is 0 Å². The molecule has 1 unspecified atom stereocenters. The number of carbonyl (C=O) groups excluding carboxylic acids is 1. The minimum absolute atomic E-state index is 0.196. The summed E-state index contributed by atoms with van der Waals surface area (Å²) in [6.07, 6.45) is 0.996. The Balaban J connectivity index is 1.69. The maximum absolute atomic E-state index is 11.6. The fourth-order valence-electron chi connectivity index (χ4n) is 1.98. The molecule has 1 saturated heterocycles. The molecule has 0 bridgehead atoms. The van der Waals surface area contributed by atoms with E-state index in [1.807, 2.05) is 6.07 Å². The number of benzene rings is 1. The lowest BCUT2D eigenvalue weighted by molar-refractivity contribution is -0.126. The summed E-state index contributed by atoms with van der Waals surface area (Å²) in [7, 11) is 0. The van der Waals surface area contributed by atoms with E-state index in [2.05, 4.69) is 41.8 Å². The van der Waals surface area contributed by atoms with Crippen LogP contribution in [0.1, 0.15) is 24.8 Å². The average molecular weight is 232 g/mol. The van der Waals surface area contributed by atoms with E-state index in [0.717, 1.165) is 26.1 Å². The lowest BCUT2D eigenvalue weighted by Crippen LogP contribution is -2.50. The first-order valence-electron chi connectivity index (χ1n) is 6.30. The van der Waals surface area contributed by atoms with Gasteiger partial charge in [-0.3, -0.25) is 4.79 Å². The molecule has 1 fully saturated rings. The molecule has 1 aliphatic heterocycles. The van der Waals surface area contributed by atoms with Gasteiger partial charge in [0.1, 0.15) is 0 Å². The third-order valence-electron chi connectivity index (χ3n) is 3.40. The molecule has 1 atom stereocenters. The van der Waals surface area contributed by atoms with Crippen molar-refractivity contribution < 1.29 is 4.79 Å². The molecule has 1 aromatic carbocycles. The first kappa shape index (κ1) is 12.1. The molecule has 1 aromatic rings. The molecule has 3 heteroatoms. The third kappa shape index (κ3) is 3.30. The summed E-state index contributed by atoms with van der Waals surface area (Å²) in [4.78, 5) is 11.6. The van der Waals surface area contributed by atoms with Crippen molar-refractivity contribution in [3.63, 3.8) is 0 Å². The van der Waals surface area contributed by atoms with Crippen molar-refractivity contribution in [3.05, 3.63) is 35.9 Å². The lowest BCUT2D eigenvalue weighted by atomic mass is 9.97. The van der Waals surface area contributed by atoms with E-state index in [-0.39, 0.29) is 11.8 Å². The van der Waals surface area contributed by atoms with E-state index >= 15 is 0 Å². The van der Waals surface area contributed by atoms with Gasteiger partial charge in [0.25, 0.3) is 0 Å². The molecule has 0 saturated carbocycles. The SMILES string of the molecule is CC(CCNC(=O)C1CNC1)c1ccccc1. The van der Waals surface area contributed by atoms with Gasteiger partial charge in [0.15, 0.2) is 0 Å². The fourth-order valence-corrected chi connectivity index (χ4v) is 1.98. The summed E-state index contributed by atoms with van der Waals surface area (Å²) in [6.45, 7) is 4.64. The predicted octanol–water partition coefficient (Wildman–Crippen LogP) is 1.52. The molecule has 0 aliphatic carbocycles. The van der Waals surface area contributed by atoms with Crippen molar-refractivity contribution in [3.8, 4) is 0 Å². The molecule has 0 spiro atoms. The van der Waals surface area contributed by atoms with Crippen LogP contribution in [-0.4, -0.2) is 25.5 Å². The van der Waals surface area contributed by atoms with E-state index in [4.69, 9.17) is 0 Å². The molecule has 1 aliphatic rings. The highest BCUT2D eigenvalue weighted by Crippen LogP contribution is 2.17. The average Bonchev–Trinajstić information content (AvgIpc) is 2.27. The van der Waals surface area contributed by atoms with Gasteiger partial charge >= 0.3 is 0 Å². The first-order chi connectivity index (χ1) is 8.27. The van der Waals surface area contributed by atoms with Crippen LogP contribution in [0.5, 0.6) is 0 Å².